The summed E-state index contributed by atoms with van der Waals surface area (Å²) < 4.78 is 26.7. The first-order valence-corrected chi connectivity index (χ1v) is 21.3. The van der Waals surface area contributed by atoms with E-state index in [1.54, 1.807) is 53.6 Å². The maximum absolute atomic E-state index is 14.2. The lowest BCUT2D eigenvalue weighted by Gasteiger charge is -2.28. The van der Waals surface area contributed by atoms with Gasteiger partial charge in [0.2, 0.25) is 17.7 Å². The van der Waals surface area contributed by atoms with Crippen molar-refractivity contribution in [2.75, 3.05) is 47.1 Å². The summed E-state index contributed by atoms with van der Waals surface area (Å²) in [5.74, 6) is -2.60. The van der Waals surface area contributed by atoms with E-state index in [2.05, 4.69) is 21.3 Å². The van der Waals surface area contributed by atoms with Crippen LogP contribution in [0.1, 0.15) is 92.2 Å². The van der Waals surface area contributed by atoms with Crippen LogP contribution >= 0.6 is 0 Å². The lowest BCUT2D eigenvalue weighted by Crippen LogP contribution is -2.59. The Hall–Kier alpha value is -5.22. The second-order valence-corrected chi connectivity index (χ2v) is 17.5. The third kappa shape index (κ3) is 22.0. The van der Waals surface area contributed by atoms with Gasteiger partial charge in [-0.1, -0.05) is 74.5 Å². The van der Waals surface area contributed by atoms with Crippen molar-refractivity contribution < 1.29 is 52.5 Å². The molecule has 0 radical (unpaired) electrons. The monoisotopic (exact) mass is 870 g/mol. The highest BCUT2D eigenvalue weighted by Gasteiger charge is 2.33. The summed E-state index contributed by atoms with van der Waals surface area (Å²) in [7, 11) is 2.80. The highest BCUT2D eigenvalue weighted by atomic mass is 16.6. The highest BCUT2D eigenvalue weighted by Crippen LogP contribution is 2.14. The Bertz CT molecular complexity index is 1680. The van der Waals surface area contributed by atoms with Crippen molar-refractivity contribution >= 4 is 35.9 Å². The van der Waals surface area contributed by atoms with Gasteiger partial charge in [0.15, 0.2) is 0 Å². The van der Waals surface area contributed by atoms with E-state index in [1.807, 2.05) is 74.5 Å². The number of hydrogen-bond acceptors (Lipinski definition) is 11. The first kappa shape index (κ1) is 52.9. The molecule has 0 aliphatic carbocycles. The molecule has 16 nitrogen and oxygen atoms in total. The van der Waals surface area contributed by atoms with Gasteiger partial charge in [-0.2, -0.15) is 0 Å². The first-order chi connectivity index (χ1) is 29.2. The molecule has 5 amide bonds. The smallest absolute Gasteiger partial charge is 0.410 e. The molecule has 4 atom stereocenters. The summed E-state index contributed by atoms with van der Waals surface area (Å²) in [6.45, 7) is 15.9. The van der Waals surface area contributed by atoms with Gasteiger partial charge in [-0.15, -0.1) is 0 Å². The van der Waals surface area contributed by atoms with Crippen LogP contribution in [0.4, 0.5) is 9.59 Å². The summed E-state index contributed by atoms with van der Waals surface area (Å²) in [4.78, 5) is 82.6. The van der Waals surface area contributed by atoms with Crippen LogP contribution in [0.5, 0.6) is 0 Å². The molecule has 2 rings (SSSR count). The second-order valence-electron chi connectivity index (χ2n) is 17.5. The van der Waals surface area contributed by atoms with E-state index in [4.69, 9.17) is 23.7 Å². The van der Waals surface area contributed by atoms with Gasteiger partial charge in [-0.3, -0.25) is 14.4 Å². The Labute approximate surface area is 367 Å². The van der Waals surface area contributed by atoms with Crippen molar-refractivity contribution in [3.05, 3.63) is 71.8 Å². The fraction of sp³-hybridized carbons (Fsp3) is 0.609. The molecule has 0 aliphatic heterocycles. The summed E-state index contributed by atoms with van der Waals surface area (Å²) in [5.41, 5.74) is -0.0156. The van der Waals surface area contributed by atoms with Crippen LogP contribution in [0.2, 0.25) is 0 Å². The SMILES string of the molecule is COCCOCCN(CCCC[C@@H](NC(=O)[C@@H](CC(C)C)NC(=O)[C@@H](Cc1ccccc1)NC(=O)[C@@H](Cc1ccccc1)NC(=O)OC(C)(C)C)C(=O)OC)C(=O)OC(C)(C)C. The Balaban J connectivity index is 2.27. The van der Waals surface area contributed by atoms with Gasteiger partial charge in [0.25, 0.3) is 0 Å². The number of rotatable bonds is 25. The molecule has 0 aromatic heterocycles. The van der Waals surface area contributed by atoms with Gasteiger partial charge in [-0.25, -0.2) is 14.4 Å². The number of hydrogen-bond donors (Lipinski definition) is 4. The lowest BCUT2D eigenvalue weighted by molar-refractivity contribution is -0.145. The number of carbonyl (C=O) groups excluding carboxylic acids is 6. The molecule has 0 bridgehead atoms. The summed E-state index contributed by atoms with van der Waals surface area (Å²) >= 11 is 0. The molecule has 0 heterocycles. The number of carbonyl (C=O) groups is 6. The molecule has 2 aromatic carbocycles. The quantitative estimate of drug-likeness (QED) is 0.0588. The van der Waals surface area contributed by atoms with Crippen LogP contribution in [0, 0.1) is 5.92 Å². The van der Waals surface area contributed by atoms with Crippen LogP contribution in [0.15, 0.2) is 60.7 Å². The van der Waals surface area contributed by atoms with Crippen LogP contribution in [-0.4, -0.2) is 123 Å². The highest BCUT2D eigenvalue weighted by molar-refractivity contribution is 5.95. The number of methoxy groups -OCH3 is 2. The van der Waals surface area contributed by atoms with E-state index >= 15 is 0 Å². The standard InChI is InChI=1S/C46H71N5O11/c1-32(2)29-36(39(52)47-35(42(55)59-10)23-17-18-24-51(25-26-60-28-27-58-9)44(57)62-46(6,7)8)48-40(53)37(30-33-19-13-11-14-20-33)49-41(54)38(31-34-21-15-12-16-22-34)50-43(56)61-45(3,4)5/h11-16,19-22,32,35-38H,17-18,23-31H2,1-10H3,(H,47,52)(H,48,53)(H,49,54)(H,50,56)/t35-,36-,37-,38-/m1/s1. The predicted molar refractivity (Wildman–Crippen MR) is 235 cm³/mol. The maximum atomic E-state index is 14.2. The molecule has 0 aliphatic rings. The zero-order valence-electron chi connectivity index (χ0n) is 38.4. The Morgan fingerprint density at radius 2 is 1.10 bits per heavy atom. The molecule has 0 saturated carbocycles. The minimum atomic E-state index is -1.17. The number of esters is 1. The molecule has 62 heavy (non-hydrogen) atoms. The van der Waals surface area contributed by atoms with E-state index in [-0.39, 0.29) is 44.8 Å². The molecular formula is C46H71N5O11. The maximum Gasteiger partial charge on any atom is 0.410 e. The fourth-order valence-electron chi connectivity index (χ4n) is 6.17. The van der Waals surface area contributed by atoms with E-state index in [0.717, 1.165) is 11.1 Å². The molecule has 0 spiro atoms. The van der Waals surface area contributed by atoms with Gasteiger partial charge in [0.1, 0.15) is 35.4 Å². The molecular weight excluding hydrogens is 799 g/mol. The fourth-order valence-corrected chi connectivity index (χ4v) is 6.17. The van der Waals surface area contributed by atoms with Gasteiger partial charge in [0, 0.05) is 33.0 Å². The molecule has 346 valence electrons. The Kier molecular flexibility index (Phi) is 23.0. The topological polar surface area (TPSA) is 200 Å². The Morgan fingerprint density at radius 3 is 1.60 bits per heavy atom. The number of ether oxygens (including phenoxy) is 5. The number of benzene rings is 2. The number of alkyl carbamates (subject to hydrolysis) is 1. The van der Waals surface area contributed by atoms with Gasteiger partial charge in [-0.05, 0) is 84.3 Å². The molecule has 16 heteroatoms. The van der Waals surface area contributed by atoms with E-state index in [9.17, 15) is 28.8 Å². The minimum Gasteiger partial charge on any atom is -0.467 e. The summed E-state index contributed by atoms with van der Waals surface area (Å²) in [5, 5.41) is 11.1. The normalized spacial score (nSPS) is 13.5. The van der Waals surface area contributed by atoms with Crippen LogP contribution in [0.25, 0.3) is 0 Å². The van der Waals surface area contributed by atoms with Gasteiger partial charge < -0.3 is 49.9 Å². The van der Waals surface area contributed by atoms with Crippen molar-refractivity contribution in [1.29, 1.82) is 0 Å². The number of amides is 5. The first-order valence-electron chi connectivity index (χ1n) is 21.3. The molecule has 0 fully saturated rings. The van der Waals surface area contributed by atoms with Crippen molar-refractivity contribution in [3.8, 4) is 0 Å². The van der Waals surface area contributed by atoms with Crippen LogP contribution in [-0.2, 0) is 55.7 Å². The second kappa shape index (κ2) is 27.0. The number of nitrogens with one attached hydrogen (secondary N) is 4. The van der Waals surface area contributed by atoms with Gasteiger partial charge in [0.05, 0.1) is 26.9 Å². The summed E-state index contributed by atoms with van der Waals surface area (Å²) in [6.07, 6.45) is 0.198. The largest absolute Gasteiger partial charge is 0.467 e. The zero-order valence-corrected chi connectivity index (χ0v) is 38.4. The van der Waals surface area contributed by atoms with E-state index < -0.39 is 71.2 Å². The van der Waals surface area contributed by atoms with Crippen molar-refractivity contribution in [1.82, 2.24) is 26.2 Å². The third-order valence-electron chi connectivity index (χ3n) is 9.11. The number of nitrogens with zero attached hydrogens (tertiary/aromatic N) is 1. The third-order valence-corrected chi connectivity index (χ3v) is 9.11. The Morgan fingerprint density at radius 1 is 0.597 bits per heavy atom. The van der Waals surface area contributed by atoms with Crippen molar-refractivity contribution in [2.45, 2.75) is 129 Å². The molecule has 2 aromatic rings. The van der Waals surface area contributed by atoms with Crippen LogP contribution < -0.4 is 21.3 Å². The van der Waals surface area contributed by atoms with Crippen LogP contribution in [0.3, 0.4) is 0 Å². The number of unbranched alkanes of at least 4 members (excludes halogenated alkanes) is 1. The predicted octanol–water partition coefficient (Wildman–Crippen LogP) is 5.11. The van der Waals surface area contributed by atoms with Crippen molar-refractivity contribution in [3.63, 3.8) is 0 Å². The lowest BCUT2D eigenvalue weighted by atomic mass is 9.99. The average molecular weight is 870 g/mol. The van der Waals surface area contributed by atoms with Crippen molar-refractivity contribution in [2.24, 2.45) is 5.92 Å². The molecule has 0 saturated heterocycles. The molecule has 4 N–H and O–H groups in total. The zero-order chi connectivity index (χ0) is 46.3. The minimum absolute atomic E-state index is 0.0598. The molecule has 0 unspecified atom stereocenters. The van der Waals surface area contributed by atoms with E-state index in [1.165, 1.54) is 7.11 Å². The van der Waals surface area contributed by atoms with E-state index in [0.29, 0.717) is 32.6 Å². The average Bonchev–Trinajstić information content (AvgIpc) is 3.19. The van der Waals surface area contributed by atoms with Gasteiger partial charge >= 0.3 is 18.2 Å². The summed E-state index contributed by atoms with van der Waals surface area (Å²) in [6, 6.07) is 13.8.